The van der Waals surface area contributed by atoms with E-state index in [4.69, 9.17) is 16.6 Å². The summed E-state index contributed by atoms with van der Waals surface area (Å²) in [5.41, 5.74) is 1.03. The molecule has 0 spiro atoms. The lowest BCUT2D eigenvalue weighted by Crippen LogP contribution is -2.49. The van der Waals surface area contributed by atoms with E-state index >= 15 is 0 Å². The predicted octanol–water partition coefficient (Wildman–Crippen LogP) is 4.35. The number of carbonyl (C=O) groups excluding carboxylic acids is 1. The van der Waals surface area contributed by atoms with Gasteiger partial charge in [0.2, 0.25) is 0 Å². The number of pyridine rings is 1. The third-order valence-electron chi connectivity index (χ3n) is 4.81. The van der Waals surface area contributed by atoms with E-state index in [9.17, 15) is 9.18 Å². The third kappa shape index (κ3) is 4.18. The van der Waals surface area contributed by atoms with Gasteiger partial charge in [0.05, 0.1) is 10.6 Å². The van der Waals surface area contributed by atoms with Gasteiger partial charge in [-0.15, -0.1) is 11.3 Å². The Morgan fingerprint density at radius 1 is 1.21 bits per heavy atom. The number of halogens is 2. The summed E-state index contributed by atoms with van der Waals surface area (Å²) in [4.78, 5) is 25.4. The van der Waals surface area contributed by atoms with Gasteiger partial charge in [0, 0.05) is 37.8 Å². The summed E-state index contributed by atoms with van der Waals surface area (Å²) in [5, 5.41) is 5.89. The number of anilines is 3. The quantitative estimate of drug-likeness (QED) is 0.665. The van der Waals surface area contributed by atoms with Crippen LogP contribution in [0, 0.1) is 12.7 Å². The molecule has 2 aromatic heterocycles. The molecule has 0 aliphatic carbocycles. The van der Waals surface area contributed by atoms with Gasteiger partial charge in [-0.3, -0.25) is 4.79 Å². The van der Waals surface area contributed by atoms with Crippen LogP contribution in [0.2, 0.25) is 5.02 Å². The number of nitrogens with one attached hydrogen (secondary N) is 1. The average Bonchev–Trinajstić information content (AvgIpc) is 3.24. The Balaban J connectivity index is 1.44. The van der Waals surface area contributed by atoms with Crippen molar-refractivity contribution in [3.63, 3.8) is 0 Å². The fourth-order valence-corrected chi connectivity index (χ4v) is 3.89. The summed E-state index contributed by atoms with van der Waals surface area (Å²) >= 11 is 7.32. The summed E-state index contributed by atoms with van der Waals surface area (Å²) < 4.78 is 14.2. The molecular formula is C20H19ClFN5OS. The molecule has 150 valence electrons. The lowest BCUT2D eigenvalue weighted by Gasteiger charge is -2.35. The maximum Gasteiger partial charge on any atom is 0.257 e. The second-order valence-corrected chi connectivity index (χ2v) is 7.98. The minimum Gasteiger partial charge on any atom is -0.353 e. The SMILES string of the molecule is Cc1ccc(N2CCN(C(=O)c3cccc(Cl)c3F)CC2)nc1Nc1nccs1. The van der Waals surface area contributed by atoms with Crippen molar-refractivity contribution in [2.45, 2.75) is 6.92 Å². The van der Waals surface area contributed by atoms with Crippen LogP contribution in [0.15, 0.2) is 41.9 Å². The lowest BCUT2D eigenvalue weighted by atomic mass is 10.1. The summed E-state index contributed by atoms with van der Waals surface area (Å²) in [5.74, 6) is 0.583. The molecule has 1 N–H and O–H groups in total. The van der Waals surface area contributed by atoms with E-state index in [0.29, 0.717) is 26.2 Å². The maximum absolute atomic E-state index is 14.2. The van der Waals surface area contributed by atoms with Crippen molar-refractivity contribution < 1.29 is 9.18 Å². The van der Waals surface area contributed by atoms with Crippen LogP contribution < -0.4 is 10.2 Å². The van der Waals surface area contributed by atoms with Crippen molar-refractivity contribution >= 4 is 45.6 Å². The zero-order valence-corrected chi connectivity index (χ0v) is 17.3. The van der Waals surface area contributed by atoms with Gasteiger partial charge in [-0.05, 0) is 30.7 Å². The fraction of sp³-hybridized carbons (Fsp3) is 0.250. The molecule has 1 amide bonds. The maximum atomic E-state index is 14.2. The first-order valence-corrected chi connectivity index (χ1v) is 10.4. The van der Waals surface area contributed by atoms with Gasteiger partial charge in [-0.2, -0.15) is 0 Å². The number of benzene rings is 1. The number of amides is 1. The van der Waals surface area contributed by atoms with E-state index in [1.165, 1.54) is 23.5 Å². The largest absolute Gasteiger partial charge is 0.353 e. The Morgan fingerprint density at radius 2 is 2.00 bits per heavy atom. The molecule has 0 atom stereocenters. The Morgan fingerprint density at radius 3 is 2.72 bits per heavy atom. The van der Waals surface area contributed by atoms with Crippen molar-refractivity contribution in [1.82, 2.24) is 14.9 Å². The summed E-state index contributed by atoms with van der Waals surface area (Å²) in [7, 11) is 0. The van der Waals surface area contributed by atoms with Gasteiger partial charge in [0.15, 0.2) is 10.9 Å². The standard InChI is InChI=1S/C20H19ClFN5OS/c1-13-5-6-16(24-18(13)25-20-23-7-12-29-20)26-8-10-27(11-9-26)19(28)14-3-2-4-15(21)17(14)22/h2-7,12H,8-11H2,1H3,(H,23,24,25). The summed E-state index contributed by atoms with van der Waals surface area (Å²) in [6.07, 6.45) is 1.74. The normalized spacial score (nSPS) is 14.2. The van der Waals surface area contributed by atoms with E-state index in [-0.39, 0.29) is 16.5 Å². The van der Waals surface area contributed by atoms with Crippen LogP contribution >= 0.6 is 22.9 Å². The fourth-order valence-electron chi connectivity index (χ4n) is 3.19. The summed E-state index contributed by atoms with van der Waals surface area (Å²) in [6, 6.07) is 8.47. The van der Waals surface area contributed by atoms with Gasteiger partial charge < -0.3 is 15.1 Å². The van der Waals surface area contributed by atoms with Gasteiger partial charge in [-0.25, -0.2) is 14.4 Å². The van der Waals surface area contributed by atoms with Crippen LogP contribution in [0.3, 0.4) is 0 Å². The molecular weight excluding hydrogens is 413 g/mol. The van der Waals surface area contributed by atoms with E-state index in [1.54, 1.807) is 17.2 Å². The van der Waals surface area contributed by atoms with Crippen molar-refractivity contribution in [1.29, 1.82) is 0 Å². The predicted molar refractivity (Wildman–Crippen MR) is 114 cm³/mol. The molecule has 1 aliphatic heterocycles. The highest BCUT2D eigenvalue weighted by atomic mass is 35.5. The number of nitrogens with zero attached hydrogens (tertiary/aromatic N) is 4. The molecule has 0 unspecified atom stereocenters. The monoisotopic (exact) mass is 431 g/mol. The molecule has 1 aliphatic rings. The van der Waals surface area contributed by atoms with Crippen LogP contribution in [0.25, 0.3) is 0 Å². The molecule has 4 rings (SSSR count). The first-order valence-electron chi connectivity index (χ1n) is 9.15. The van der Waals surface area contributed by atoms with E-state index < -0.39 is 5.82 Å². The Labute approximate surface area is 177 Å². The van der Waals surface area contributed by atoms with Crippen LogP contribution in [0.5, 0.6) is 0 Å². The molecule has 1 aromatic carbocycles. The van der Waals surface area contributed by atoms with Crippen LogP contribution in [0.1, 0.15) is 15.9 Å². The smallest absolute Gasteiger partial charge is 0.257 e. The van der Waals surface area contributed by atoms with Crippen molar-refractivity contribution in [2.75, 3.05) is 36.4 Å². The molecule has 0 radical (unpaired) electrons. The first-order chi connectivity index (χ1) is 14.0. The zero-order valence-electron chi connectivity index (χ0n) is 15.7. The molecule has 3 heterocycles. The van der Waals surface area contributed by atoms with Crippen molar-refractivity contribution in [3.8, 4) is 0 Å². The van der Waals surface area contributed by atoms with Crippen molar-refractivity contribution in [2.24, 2.45) is 0 Å². The van der Waals surface area contributed by atoms with Crippen LogP contribution in [-0.2, 0) is 0 Å². The third-order valence-corrected chi connectivity index (χ3v) is 5.79. The average molecular weight is 432 g/mol. The molecule has 1 fully saturated rings. The minimum absolute atomic E-state index is 0.00865. The number of hydrogen-bond acceptors (Lipinski definition) is 6. The highest BCUT2D eigenvalue weighted by molar-refractivity contribution is 7.13. The van der Waals surface area contributed by atoms with Crippen molar-refractivity contribution in [3.05, 3.63) is 63.9 Å². The second-order valence-electron chi connectivity index (χ2n) is 6.68. The van der Waals surface area contributed by atoms with Gasteiger partial charge >= 0.3 is 0 Å². The van der Waals surface area contributed by atoms with Crippen LogP contribution in [0.4, 0.5) is 21.2 Å². The Bertz CT molecular complexity index is 1020. The number of aromatic nitrogens is 2. The van der Waals surface area contributed by atoms with Crippen LogP contribution in [-0.4, -0.2) is 47.0 Å². The number of rotatable bonds is 4. The number of aryl methyl sites for hydroxylation is 1. The molecule has 6 nitrogen and oxygen atoms in total. The molecule has 3 aromatic rings. The van der Waals surface area contributed by atoms with Gasteiger partial charge in [-0.1, -0.05) is 23.7 Å². The number of piperazine rings is 1. The molecule has 0 saturated carbocycles. The number of thiazole rings is 1. The van der Waals surface area contributed by atoms with Gasteiger partial charge in [0.1, 0.15) is 11.6 Å². The summed E-state index contributed by atoms with van der Waals surface area (Å²) in [6.45, 7) is 4.18. The van der Waals surface area contributed by atoms with E-state index in [2.05, 4.69) is 15.2 Å². The molecule has 0 bridgehead atoms. The van der Waals surface area contributed by atoms with Gasteiger partial charge in [0.25, 0.3) is 5.91 Å². The number of carbonyl (C=O) groups is 1. The Hall–Kier alpha value is -2.71. The minimum atomic E-state index is -0.667. The highest BCUT2D eigenvalue weighted by Gasteiger charge is 2.25. The van der Waals surface area contributed by atoms with E-state index in [0.717, 1.165) is 22.3 Å². The Kier molecular flexibility index (Phi) is 5.64. The first kappa shape index (κ1) is 19.6. The molecule has 9 heteroatoms. The topological polar surface area (TPSA) is 61.4 Å². The van der Waals surface area contributed by atoms with E-state index in [1.807, 2.05) is 24.4 Å². The molecule has 29 heavy (non-hydrogen) atoms. The number of hydrogen-bond donors (Lipinski definition) is 1. The highest BCUT2D eigenvalue weighted by Crippen LogP contribution is 2.25. The second kappa shape index (κ2) is 8.34. The lowest BCUT2D eigenvalue weighted by molar-refractivity contribution is 0.0742. The zero-order chi connectivity index (χ0) is 20.4. The molecule has 1 saturated heterocycles.